The highest BCUT2D eigenvalue weighted by Gasteiger charge is 2.16. The van der Waals surface area contributed by atoms with Crippen molar-refractivity contribution in [3.63, 3.8) is 0 Å². The van der Waals surface area contributed by atoms with Crippen LogP contribution in [0.5, 0.6) is 0 Å². The Labute approximate surface area is 123 Å². The van der Waals surface area contributed by atoms with E-state index in [-0.39, 0.29) is 11.9 Å². The zero-order valence-corrected chi connectivity index (χ0v) is 12.5. The van der Waals surface area contributed by atoms with Crippen LogP contribution in [0.25, 0.3) is 0 Å². The summed E-state index contributed by atoms with van der Waals surface area (Å²) in [5.74, 6) is -0.311. The van der Waals surface area contributed by atoms with Crippen LogP contribution < -0.4 is 5.32 Å². The van der Waals surface area contributed by atoms with Crippen LogP contribution in [-0.4, -0.2) is 16.3 Å². The van der Waals surface area contributed by atoms with Crippen molar-refractivity contribution in [2.75, 3.05) is 6.54 Å². The number of rotatable bonds is 6. The van der Waals surface area contributed by atoms with Crippen molar-refractivity contribution in [3.8, 4) is 0 Å². The maximum absolute atomic E-state index is 13.2. The maximum atomic E-state index is 13.2. The van der Waals surface area contributed by atoms with Crippen LogP contribution >= 0.6 is 11.6 Å². The van der Waals surface area contributed by atoms with E-state index in [1.807, 2.05) is 19.4 Å². The van der Waals surface area contributed by atoms with E-state index in [9.17, 15) is 4.39 Å². The molecular formula is C15H19ClFN3. The van der Waals surface area contributed by atoms with Crippen molar-refractivity contribution >= 4 is 11.6 Å². The lowest BCUT2D eigenvalue weighted by Gasteiger charge is -2.19. The zero-order chi connectivity index (χ0) is 14.5. The number of nitrogens with zero attached hydrogens (tertiary/aromatic N) is 2. The Bertz CT molecular complexity index is 568. The summed E-state index contributed by atoms with van der Waals surface area (Å²) in [6.07, 6.45) is 5.64. The van der Waals surface area contributed by atoms with Crippen molar-refractivity contribution in [1.82, 2.24) is 15.1 Å². The van der Waals surface area contributed by atoms with Gasteiger partial charge in [-0.3, -0.25) is 4.68 Å². The largest absolute Gasteiger partial charge is 0.310 e. The molecule has 0 radical (unpaired) electrons. The molecule has 108 valence electrons. The molecule has 0 bridgehead atoms. The van der Waals surface area contributed by atoms with Gasteiger partial charge in [0.2, 0.25) is 0 Å². The average molecular weight is 296 g/mol. The van der Waals surface area contributed by atoms with Crippen LogP contribution in [0.4, 0.5) is 4.39 Å². The third kappa shape index (κ3) is 3.81. The molecule has 20 heavy (non-hydrogen) atoms. The van der Waals surface area contributed by atoms with Crippen LogP contribution in [0.1, 0.15) is 30.5 Å². The Morgan fingerprint density at radius 1 is 1.45 bits per heavy atom. The van der Waals surface area contributed by atoms with Crippen LogP contribution in [0.15, 0.2) is 30.6 Å². The van der Waals surface area contributed by atoms with Crippen molar-refractivity contribution < 1.29 is 4.39 Å². The van der Waals surface area contributed by atoms with Crippen molar-refractivity contribution in [3.05, 3.63) is 52.6 Å². The van der Waals surface area contributed by atoms with Gasteiger partial charge in [-0.25, -0.2) is 4.39 Å². The highest BCUT2D eigenvalue weighted by Crippen LogP contribution is 2.26. The molecule has 0 saturated carbocycles. The Hall–Kier alpha value is -1.39. The van der Waals surface area contributed by atoms with E-state index in [0.717, 1.165) is 30.5 Å². The molecular weight excluding hydrogens is 277 g/mol. The summed E-state index contributed by atoms with van der Waals surface area (Å²) < 4.78 is 15.0. The van der Waals surface area contributed by atoms with Gasteiger partial charge in [0.25, 0.3) is 0 Å². The molecule has 5 heteroatoms. The average Bonchev–Trinajstić information content (AvgIpc) is 2.80. The van der Waals surface area contributed by atoms with Gasteiger partial charge in [-0.1, -0.05) is 24.6 Å². The van der Waals surface area contributed by atoms with Gasteiger partial charge < -0.3 is 5.32 Å². The summed E-state index contributed by atoms with van der Waals surface area (Å²) in [7, 11) is 1.89. The molecule has 0 spiro atoms. The Balaban J connectivity index is 2.22. The van der Waals surface area contributed by atoms with Crippen molar-refractivity contribution in [1.29, 1.82) is 0 Å². The predicted molar refractivity (Wildman–Crippen MR) is 79.4 cm³/mol. The van der Waals surface area contributed by atoms with E-state index < -0.39 is 0 Å². The maximum Gasteiger partial charge on any atom is 0.124 e. The lowest BCUT2D eigenvalue weighted by Crippen LogP contribution is -2.24. The number of hydrogen-bond donors (Lipinski definition) is 1. The molecule has 1 N–H and O–H groups in total. The molecule has 0 aliphatic rings. The smallest absolute Gasteiger partial charge is 0.124 e. The third-order valence-electron chi connectivity index (χ3n) is 3.18. The molecule has 1 unspecified atom stereocenters. The molecule has 1 heterocycles. The van der Waals surface area contributed by atoms with Crippen LogP contribution in [-0.2, 0) is 13.5 Å². The van der Waals surface area contributed by atoms with Crippen molar-refractivity contribution in [2.45, 2.75) is 25.8 Å². The lowest BCUT2D eigenvalue weighted by molar-refractivity contribution is 0.527. The molecule has 3 nitrogen and oxygen atoms in total. The van der Waals surface area contributed by atoms with E-state index >= 15 is 0 Å². The molecule has 0 aliphatic heterocycles. The highest BCUT2D eigenvalue weighted by atomic mass is 35.5. The van der Waals surface area contributed by atoms with Gasteiger partial charge in [0, 0.05) is 24.3 Å². The SMILES string of the molecule is CCCNC(Cc1cnn(C)c1)c1ccc(F)cc1Cl. The first-order valence-electron chi connectivity index (χ1n) is 6.76. The minimum atomic E-state index is -0.311. The van der Waals surface area contributed by atoms with Crippen molar-refractivity contribution in [2.24, 2.45) is 7.05 Å². The second-order valence-electron chi connectivity index (χ2n) is 4.90. The van der Waals surface area contributed by atoms with Crippen LogP contribution in [0.2, 0.25) is 5.02 Å². The Morgan fingerprint density at radius 3 is 2.85 bits per heavy atom. The molecule has 0 fully saturated rings. The summed E-state index contributed by atoms with van der Waals surface area (Å²) in [6, 6.07) is 4.62. The summed E-state index contributed by atoms with van der Waals surface area (Å²) in [5.41, 5.74) is 2.05. The van der Waals surface area contributed by atoms with E-state index in [2.05, 4.69) is 17.3 Å². The summed E-state index contributed by atoms with van der Waals surface area (Å²) >= 11 is 6.17. The van der Waals surface area contributed by atoms with Gasteiger partial charge in [0.05, 0.1) is 6.20 Å². The number of aryl methyl sites for hydroxylation is 1. The summed E-state index contributed by atoms with van der Waals surface area (Å²) in [5, 5.41) is 8.10. The standard InChI is InChI=1S/C15H19ClFN3/c1-3-6-18-15(7-11-9-19-20(2)10-11)13-5-4-12(17)8-14(13)16/h4-5,8-10,15,18H,3,6-7H2,1-2H3. The Morgan fingerprint density at radius 2 is 2.25 bits per heavy atom. The molecule has 2 rings (SSSR count). The molecule has 2 aromatic rings. The van der Waals surface area contributed by atoms with Crippen LogP contribution in [0.3, 0.4) is 0 Å². The van der Waals surface area contributed by atoms with Gasteiger partial charge in [-0.05, 0) is 42.6 Å². The molecule has 1 aromatic heterocycles. The first kappa shape index (κ1) is 15.0. The van der Waals surface area contributed by atoms with Gasteiger partial charge in [0.1, 0.15) is 5.82 Å². The number of halogens is 2. The van der Waals surface area contributed by atoms with Gasteiger partial charge in [-0.2, -0.15) is 5.10 Å². The fourth-order valence-electron chi connectivity index (χ4n) is 2.21. The number of aromatic nitrogens is 2. The van der Waals surface area contributed by atoms with Crippen LogP contribution in [0, 0.1) is 5.82 Å². The molecule has 0 aliphatic carbocycles. The number of benzene rings is 1. The van der Waals surface area contributed by atoms with E-state index in [0.29, 0.717) is 5.02 Å². The molecule has 1 atom stereocenters. The van der Waals surface area contributed by atoms with E-state index in [1.54, 1.807) is 10.7 Å². The molecule has 0 saturated heterocycles. The quantitative estimate of drug-likeness (QED) is 0.884. The van der Waals surface area contributed by atoms with Gasteiger partial charge in [-0.15, -0.1) is 0 Å². The second-order valence-corrected chi connectivity index (χ2v) is 5.31. The normalized spacial score (nSPS) is 12.6. The lowest BCUT2D eigenvalue weighted by atomic mass is 10.0. The topological polar surface area (TPSA) is 29.9 Å². The van der Waals surface area contributed by atoms with E-state index in [1.165, 1.54) is 12.1 Å². The third-order valence-corrected chi connectivity index (χ3v) is 3.50. The number of hydrogen-bond acceptors (Lipinski definition) is 2. The molecule has 0 amide bonds. The summed E-state index contributed by atoms with van der Waals surface area (Å²) in [6.45, 7) is 3.00. The fraction of sp³-hybridized carbons (Fsp3) is 0.400. The first-order chi connectivity index (χ1) is 9.60. The number of nitrogens with one attached hydrogen (secondary N) is 1. The summed E-state index contributed by atoms with van der Waals surface area (Å²) in [4.78, 5) is 0. The predicted octanol–water partition coefficient (Wildman–Crippen LogP) is 3.50. The first-order valence-corrected chi connectivity index (χ1v) is 7.13. The minimum Gasteiger partial charge on any atom is -0.310 e. The highest BCUT2D eigenvalue weighted by molar-refractivity contribution is 6.31. The molecule has 1 aromatic carbocycles. The minimum absolute atomic E-state index is 0.0623. The monoisotopic (exact) mass is 295 g/mol. The van der Waals surface area contributed by atoms with Gasteiger partial charge in [0.15, 0.2) is 0 Å². The Kier molecular flexibility index (Phi) is 5.15. The van der Waals surface area contributed by atoms with E-state index in [4.69, 9.17) is 11.6 Å². The second kappa shape index (κ2) is 6.86. The zero-order valence-electron chi connectivity index (χ0n) is 11.7. The fourth-order valence-corrected chi connectivity index (χ4v) is 2.51. The van der Waals surface area contributed by atoms with Gasteiger partial charge >= 0.3 is 0 Å².